The van der Waals surface area contributed by atoms with E-state index < -0.39 is 16.8 Å². The molecule has 0 saturated carbocycles. The first kappa shape index (κ1) is 23.6. The number of hydrogen-bond acceptors (Lipinski definition) is 7. The summed E-state index contributed by atoms with van der Waals surface area (Å²) in [4.78, 5) is 23.3. The summed E-state index contributed by atoms with van der Waals surface area (Å²) in [5.41, 5.74) is 3.55. The van der Waals surface area contributed by atoms with Crippen LogP contribution in [0.4, 0.5) is 16.4 Å². The Hall–Kier alpha value is -3.56. The zero-order valence-corrected chi connectivity index (χ0v) is 20.3. The lowest BCUT2D eigenvalue weighted by Crippen LogP contribution is -2.47. The van der Waals surface area contributed by atoms with Gasteiger partial charge in [0, 0.05) is 34.9 Å². The number of carboxylic acids is 1. The number of anilines is 1. The van der Waals surface area contributed by atoms with E-state index in [4.69, 9.17) is 4.37 Å². The number of nitro benzene ring substituents is 1. The maximum absolute atomic E-state index is 12.3. The minimum Gasteiger partial charge on any atom is -0.545 e. The number of nitrogens with one attached hydrogen (secondary N) is 1. The average molecular weight is 479 g/mol. The Balaban J connectivity index is 1.92. The molecule has 9 heteroatoms. The van der Waals surface area contributed by atoms with Gasteiger partial charge in [0.15, 0.2) is 0 Å². The number of aliphatic carboxylic acids is 1. The van der Waals surface area contributed by atoms with Crippen LogP contribution in [0.5, 0.6) is 0 Å². The van der Waals surface area contributed by atoms with Crippen molar-refractivity contribution >= 4 is 33.9 Å². The van der Waals surface area contributed by atoms with Crippen LogP contribution >= 0.6 is 11.5 Å². The molecule has 1 aliphatic rings. The minimum atomic E-state index is -1.31. The quantitative estimate of drug-likeness (QED) is 0.307. The van der Waals surface area contributed by atoms with Crippen LogP contribution in [0.2, 0.25) is 0 Å². The van der Waals surface area contributed by atoms with Crippen LogP contribution < -0.4 is 14.9 Å². The first-order valence-electron chi connectivity index (χ1n) is 11.0. The van der Waals surface area contributed by atoms with Gasteiger partial charge in [-0.15, -0.1) is 0 Å². The van der Waals surface area contributed by atoms with Crippen molar-refractivity contribution in [1.82, 2.24) is 8.86 Å². The van der Waals surface area contributed by atoms with Crippen molar-refractivity contribution in [3.63, 3.8) is 0 Å². The van der Waals surface area contributed by atoms with Crippen molar-refractivity contribution in [3.8, 4) is 0 Å². The Labute approximate surface area is 202 Å². The number of carbonyl (C=O) groups is 1. The summed E-state index contributed by atoms with van der Waals surface area (Å²) in [6.45, 7) is 6.65. The molecule has 4 rings (SSSR count). The predicted molar refractivity (Wildman–Crippen MR) is 131 cm³/mol. The largest absolute Gasteiger partial charge is 0.545 e. The minimum absolute atomic E-state index is 0.0621. The zero-order valence-electron chi connectivity index (χ0n) is 19.4. The van der Waals surface area contributed by atoms with Gasteiger partial charge in [-0.1, -0.05) is 30.3 Å². The van der Waals surface area contributed by atoms with Crippen LogP contribution in [0.3, 0.4) is 0 Å². The molecule has 0 aliphatic carbocycles. The molecule has 0 amide bonds. The van der Waals surface area contributed by atoms with E-state index in [-0.39, 0.29) is 17.3 Å². The summed E-state index contributed by atoms with van der Waals surface area (Å²) < 4.78 is 5.35. The molecule has 34 heavy (non-hydrogen) atoms. The maximum atomic E-state index is 12.3. The van der Waals surface area contributed by atoms with Crippen LogP contribution in [-0.2, 0) is 4.79 Å². The highest BCUT2D eigenvalue weighted by Crippen LogP contribution is 2.49. The maximum Gasteiger partial charge on any atom is 0.269 e. The summed E-state index contributed by atoms with van der Waals surface area (Å²) >= 11 is 1.28. The van der Waals surface area contributed by atoms with Crippen molar-refractivity contribution in [2.45, 2.75) is 32.7 Å². The highest BCUT2D eigenvalue weighted by molar-refractivity contribution is 7.10. The monoisotopic (exact) mass is 478 g/mol. The SMILES string of the molecule is CC[N+](C)(c1ccccc1)[C@H](C)c1nsc2c1C(c1cccc([N+](=O)[O-])c1)C(C(=O)[O-])=C(C)N2. The van der Waals surface area contributed by atoms with E-state index in [1.807, 2.05) is 18.2 Å². The van der Waals surface area contributed by atoms with Crippen molar-refractivity contribution in [2.24, 2.45) is 0 Å². The summed E-state index contributed by atoms with van der Waals surface area (Å²) in [6.07, 6.45) is 0. The molecular weight excluding hydrogens is 452 g/mol. The van der Waals surface area contributed by atoms with E-state index >= 15 is 0 Å². The summed E-state index contributed by atoms with van der Waals surface area (Å²) in [5, 5.41) is 27.7. The molecule has 176 valence electrons. The van der Waals surface area contributed by atoms with E-state index in [1.165, 1.54) is 23.7 Å². The number of para-hydroxylation sites is 1. The molecule has 0 radical (unpaired) electrons. The van der Waals surface area contributed by atoms with Gasteiger partial charge in [0.1, 0.15) is 22.4 Å². The third-order valence-electron chi connectivity index (χ3n) is 6.93. The lowest BCUT2D eigenvalue weighted by atomic mass is 9.80. The van der Waals surface area contributed by atoms with Gasteiger partial charge in [-0.2, -0.15) is 4.37 Å². The number of hydrogen-bond donors (Lipinski definition) is 1. The predicted octanol–water partition coefficient (Wildman–Crippen LogP) is 4.35. The molecule has 3 atom stereocenters. The number of allylic oxidation sites excluding steroid dienone is 1. The highest BCUT2D eigenvalue weighted by atomic mass is 32.1. The first-order chi connectivity index (χ1) is 16.2. The number of nitrogens with zero attached hydrogens (tertiary/aromatic N) is 3. The number of rotatable bonds is 7. The van der Waals surface area contributed by atoms with Crippen molar-refractivity contribution in [1.29, 1.82) is 0 Å². The number of aromatic nitrogens is 1. The van der Waals surface area contributed by atoms with Crippen LogP contribution in [0, 0.1) is 10.1 Å². The number of carbonyl (C=O) groups excluding carboxylic acids is 1. The topological polar surface area (TPSA) is 108 Å². The third kappa shape index (κ3) is 3.86. The molecule has 1 aromatic heterocycles. The molecule has 0 saturated heterocycles. The van der Waals surface area contributed by atoms with Crippen molar-refractivity contribution < 1.29 is 14.8 Å². The second-order valence-electron chi connectivity index (χ2n) is 8.64. The number of benzene rings is 2. The molecule has 2 aromatic carbocycles. The van der Waals surface area contributed by atoms with E-state index in [0.29, 0.717) is 15.7 Å². The van der Waals surface area contributed by atoms with Crippen LogP contribution in [0.1, 0.15) is 49.6 Å². The van der Waals surface area contributed by atoms with Gasteiger partial charge >= 0.3 is 0 Å². The smallest absolute Gasteiger partial charge is 0.269 e. The van der Waals surface area contributed by atoms with Crippen molar-refractivity contribution in [3.05, 3.63) is 92.8 Å². The van der Waals surface area contributed by atoms with Gasteiger partial charge in [0.25, 0.3) is 5.69 Å². The Bertz CT molecular complexity index is 1290. The normalized spacial score (nSPS) is 17.9. The molecule has 3 aromatic rings. The highest BCUT2D eigenvalue weighted by Gasteiger charge is 2.40. The molecule has 1 N–H and O–H groups in total. The number of fused-ring (bicyclic) bond motifs is 1. The Morgan fingerprint density at radius 3 is 2.56 bits per heavy atom. The standard InChI is InChI=1S/C25H26N4O4S/c1-5-29(4,19-12-7-6-8-13-19)16(3)23-22-21(17-10-9-11-18(14-17)28(32)33)20(25(30)31)15(2)26-24(22)34-27-23/h6-14,16,21H,5H2,1-4H3,(H-,26,27,30,31)/t16-,21?,29?/m1/s1. The van der Waals surface area contributed by atoms with Crippen LogP contribution in [0.25, 0.3) is 0 Å². The molecule has 1 aliphatic heterocycles. The summed E-state index contributed by atoms with van der Waals surface area (Å²) in [7, 11) is 2.13. The van der Waals surface area contributed by atoms with E-state index in [0.717, 1.165) is 28.5 Å². The lowest BCUT2D eigenvalue weighted by molar-refractivity contribution is -0.384. The molecule has 0 spiro atoms. The van der Waals surface area contributed by atoms with Crippen LogP contribution in [0.15, 0.2) is 65.9 Å². The average Bonchev–Trinajstić information content (AvgIpc) is 3.25. The molecule has 8 nitrogen and oxygen atoms in total. The summed E-state index contributed by atoms with van der Waals surface area (Å²) in [5.74, 6) is -2.05. The van der Waals surface area contributed by atoms with Crippen LogP contribution in [-0.4, -0.2) is 28.9 Å². The molecular formula is C25H26N4O4S. The Kier molecular flexibility index (Phi) is 6.24. The van der Waals surface area contributed by atoms with Gasteiger partial charge in [0.2, 0.25) is 0 Å². The second-order valence-corrected chi connectivity index (χ2v) is 9.42. The summed E-state index contributed by atoms with van der Waals surface area (Å²) in [6, 6.07) is 16.1. The molecule has 0 bridgehead atoms. The second kappa shape index (κ2) is 9.00. The molecule has 2 unspecified atom stereocenters. The van der Waals surface area contributed by atoms with Gasteiger partial charge in [-0.3, -0.25) is 14.6 Å². The molecule has 0 fully saturated rings. The fourth-order valence-electron chi connectivity index (χ4n) is 4.72. The fraction of sp³-hybridized carbons (Fsp3) is 0.280. The Morgan fingerprint density at radius 2 is 1.94 bits per heavy atom. The van der Waals surface area contributed by atoms with Gasteiger partial charge < -0.3 is 15.2 Å². The fourth-order valence-corrected chi connectivity index (χ4v) is 5.68. The first-order valence-corrected chi connectivity index (χ1v) is 11.8. The zero-order chi connectivity index (χ0) is 24.6. The number of nitro groups is 1. The lowest BCUT2D eigenvalue weighted by Gasteiger charge is -2.39. The van der Waals surface area contributed by atoms with E-state index in [2.05, 4.69) is 38.3 Å². The van der Waals surface area contributed by atoms with Gasteiger partial charge in [-0.05, 0) is 50.0 Å². The Morgan fingerprint density at radius 1 is 1.24 bits per heavy atom. The number of quaternary nitrogens is 1. The van der Waals surface area contributed by atoms with E-state index in [1.54, 1.807) is 19.1 Å². The van der Waals surface area contributed by atoms with Gasteiger partial charge in [-0.25, -0.2) is 0 Å². The number of non-ortho nitro benzene ring substituents is 1. The molecule has 2 heterocycles. The van der Waals surface area contributed by atoms with E-state index in [9.17, 15) is 20.0 Å². The number of carboxylic acid groups (broad SMARTS) is 1. The van der Waals surface area contributed by atoms with Gasteiger partial charge in [0.05, 0.1) is 24.5 Å². The third-order valence-corrected chi connectivity index (χ3v) is 7.72. The van der Waals surface area contributed by atoms with Crippen molar-refractivity contribution in [2.75, 3.05) is 18.9 Å².